The van der Waals surface area contributed by atoms with E-state index in [0.717, 1.165) is 36.5 Å². The molecular weight excluding hydrogens is 312 g/mol. The minimum Gasteiger partial charge on any atom is -0.369 e. The summed E-state index contributed by atoms with van der Waals surface area (Å²) >= 11 is 9.60. The normalized spacial score (nSPS) is 17.5. The van der Waals surface area contributed by atoms with Crippen molar-refractivity contribution in [1.82, 2.24) is 4.90 Å². The summed E-state index contributed by atoms with van der Waals surface area (Å²) in [6.45, 7) is 9.01. The fraction of sp³-hybridized carbons (Fsp3) is 0.571. The van der Waals surface area contributed by atoms with Crippen molar-refractivity contribution in [2.24, 2.45) is 0 Å². The highest BCUT2D eigenvalue weighted by Crippen LogP contribution is 2.27. The van der Waals surface area contributed by atoms with Gasteiger partial charge in [0, 0.05) is 48.3 Å². The van der Waals surface area contributed by atoms with E-state index in [1.807, 2.05) is 6.07 Å². The average molecular weight is 332 g/mol. The minimum absolute atomic E-state index is 0.646. The van der Waals surface area contributed by atoms with Crippen LogP contribution in [0.4, 0.5) is 5.69 Å². The van der Waals surface area contributed by atoms with E-state index < -0.39 is 0 Å². The zero-order valence-electron chi connectivity index (χ0n) is 11.0. The van der Waals surface area contributed by atoms with Crippen LogP contribution >= 0.6 is 27.5 Å². The molecule has 18 heavy (non-hydrogen) atoms. The first kappa shape index (κ1) is 14.2. The Balaban J connectivity index is 2.09. The maximum absolute atomic E-state index is 6.05. The highest BCUT2D eigenvalue weighted by molar-refractivity contribution is 9.08. The van der Waals surface area contributed by atoms with Crippen LogP contribution in [-0.2, 0) is 5.33 Å². The van der Waals surface area contributed by atoms with Crippen LogP contribution in [0, 0.1) is 0 Å². The molecule has 1 aliphatic heterocycles. The molecule has 2 rings (SSSR count). The molecule has 0 N–H and O–H groups in total. The zero-order chi connectivity index (χ0) is 13.1. The van der Waals surface area contributed by atoms with Gasteiger partial charge < -0.3 is 4.90 Å². The molecule has 0 bridgehead atoms. The van der Waals surface area contributed by atoms with Crippen molar-refractivity contribution in [2.75, 3.05) is 31.1 Å². The van der Waals surface area contributed by atoms with Crippen LogP contribution in [0.15, 0.2) is 18.2 Å². The minimum atomic E-state index is 0.646. The van der Waals surface area contributed by atoms with E-state index in [-0.39, 0.29) is 0 Å². The summed E-state index contributed by atoms with van der Waals surface area (Å²) in [4.78, 5) is 4.99. The second-order valence-electron chi connectivity index (χ2n) is 5.02. The number of halogens is 2. The third kappa shape index (κ3) is 3.19. The summed E-state index contributed by atoms with van der Waals surface area (Å²) in [5.74, 6) is 0. The average Bonchev–Trinajstić information content (AvgIpc) is 2.38. The Hall–Kier alpha value is -0.250. The smallest absolute Gasteiger partial charge is 0.0410 e. The number of nitrogens with zero attached hydrogens (tertiary/aromatic N) is 2. The summed E-state index contributed by atoms with van der Waals surface area (Å²) in [6, 6.07) is 6.83. The summed E-state index contributed by atoms with van der Waals surface area (Å²) in [7, 11) is 0. The molecule has 1 saturated heterocycles. The maximum Gasteiger partial charge on any atom is 0.0410 e. The molecule has 0 amide bonds. The van der Waals surface area contributed by atoms with Crippen LogP contribution in [0.3, 0.4) is 0 Å². The fourth-order valence-electron chi connectivity index (χ4n) is 2.45. The van der Waals surface area contributed by atoms with E-state index in [0.29, 0.717) is 6.04 Å². The first-order valence-corrected chi connectivity index (χ1v) is 7.95. The van der Waals surface area contributed by atoms with Gasteiger partial charge in [0.25, 0.3) is 0 Å². The summed E-state index contributed by atoms with van der Waals surface area (Å²) in [5.41, 5.74) is 2.60. The highest BCUT2D eigenvalue weighted by atomic mass is 79.9. The molecule has 2 nitrogen and oxygen atoms in total. The van der Waals surface area contributed by atoms with Crippen LogP contribution in [0.1, 0.15) is 19.4 Å². The number of piperazine rings is 1. The molecule has 0 aromatic heterocycles. The van der Waals surface area contributed by atoms with Gasteiger partial charge in [-0.05, 0) is 37.6 Å². The third-order valence-electron chi connectivity index (χ3n) is 3.57. The first-order valence-electron chi connectivity index (χ1n) is 6.45. The van der Waals surface area contributed by atoms with Crippen molar-refractivity contribution in [3.05, 3.63) is 28.8 Å². The van der Waals surface area contributed by atoms with Gasteiger partial charge in [-0.3, -0.25) is 4.90 Å². The second kappa shape index (κ2) is 6.27. The number of benzene rings is 1. The Labute approximate surface area is 123 Å². The van der Waals surface area contributed by atoms with Crippen molar-refractivity contribution in [2.45, 2.75) is 25.2 Å². The molecule has 100 valence electrons. The maximum atomic E-state index is 6.05. The van der Waals surface area contributed by atoms with Gasteiger partial charge in [0.1, 0.15) is 0 Å². The van der Waals surface area contributed by atoms with Gasteiger partial charge >= 0.3 is 0 Å². The van der Waals surface area contributed by atoms with Crippen LogP contribution in [-0.4, -0.2) is 37.1 Å². The van der Waals surface area contributed by atoms with E-state index >= 15 is 0 Å². The SMILES string of the molecule is CC(C)N1CCN(c2ccc(Cl)cc2CBr)CC1. The molecule has 1 aromatic rings. The van der Waals surface area contributed by atoms with Crippen molar-refractivity contribution in [3.63, 3.8) is 0 Å². The number of anilines is 1. The lowest BCUT2D eigenvalue weighted by Gasteiger charge is -2.38. The topological polar surface area (TPSA) is 6.48 Å². The van der Waals surface area contributed by atoms with Crippen LogP contribution in [0.2, 0.25) is 5.02 Å². The van der Waals surface area contributed by atoms with E-state index in [1.165, 1.54) is 11.3 Å². The van der Waals surface area contributed by atoms with Crippen LogP contribution in [0.25, 0.3) is 0 Å². The summed E-state index contributed by atoms with van der Waals surface area (Å²) in [6.07, 6.45) is 0. The molecule has 4 heteroatoms. The van der Waals surface area contributed by atoms with E-state index in [2.05, 4.69) is 51.7 Å². The van der Waals surface area contributed by atoms with Gasteiger partial charge in [-0.1, -0.05) is 27.5 Å². The largest absolute Gasteiger partial charge is 0.369 e. The van der Waals surface area contributed by atoms with Gasteiger partial charge in [0.15, 0.2) is 0 Å². The van der Waals surface area contributed by atoms with Crippen molar-refractivity contribution < 1.29 is 0 Å². The monoisotopic (exact) mass is 330 g/mol. The number of hydrogen-bond donors (Lipinski definition) is 0. The molecule has 0 atom stereocenters. The zero-order valence-corrected chi connectivity index (χ0v) is 13.3. The highest BCUT2D eigenvalue weighted by Gasteiger charge is 2.20. The van der Waals surface area contributed by atoms with Crippen molar-refractivity contribution >= 4 is 33.2 Å². The molecule has 0 radical (unpaired) electrons. The predicted octanol–water partition coefficient (Wildman–Crippen LogP) is 3.77. The molecule has 0 saturated carbocycles. The fourth-order valence-corrected chi connectivity index (χ4v) is 3.09. The number of rotatable bonds is 3. The first-order chi connectivity index (χ1) is 8.61. The predicted molar refractivity (Wildman–Crippen MR) is 83.0 cm³/mol. The Morgan fingerprint density at radius 2 is 1.89 bits per heavy atom. The lowest BCUT2D eigenvalue weighted by Crippen LogP contribution is -2.49. The van der Waals surface area contributed by atoms with Gasteiger partial charge in [-0.25, -0.2) is 0 Å². The molecule has 0 spiro atoms. The number of alkyl halides is 1. The van der Waals surface area contributed by atoms with E-state index in [9.17, 15) is 0 Å². The quantitative estimate of drug-likeness (QED) is 0.778. The van der Waals surface area contributed by atoms with Crippen LogP contribution < -0.4 is 4.90 Å². The van der Waals surface area contributed by atoms with E-state index in [4.69, 9.17) is 11.6 Å². The standard InChI is InChI=1S/C14H20BrClN2/c1-11(2)17-5-7-18(8-6-17)14-4-3-13(16)9-12(14)10-15/h3-4,9,11H,5-8,10H2,1-2H3. The summed E-state index contributed by atoms with van der Waals surface area (Å²) < 4.78 is 0. The van der Waals surface area contributed by atoms with Gasteiger partial charge in [0.2, 0.25) is 0 Å². The molecule has 1 fully saturated rings. The second-order valence-corrected chi connectivity index (χ2v) is 6.02. The van der Waals surface area contributed by atoms with Gasteiger partial charge in [0.05, 0.1) is 0 Å². The van der Waals surface area contributed by atoms with Gasteiger partial charge in [-0.15, -0.1) is 0 Å². The molecule has 0 aliphatic carbocycles. The van der Waals surface area contributed by atoms with Gasteiger partial charge in [-0.2, -0.15) is 0 Å². The lowest BCUT2D eigenvalue weighted by molar-refractivity contribution is 0.209. The molecule has 0 unspecified atom stereocenters. The van der Waals surface area contributed by atoms with Crippen molar-refractivity contribution in [1.29, 1.82) is 0 Å². The summed E-state index contributed by atoms with van der Waals surface area (Å²) in [5, 5.41) is 1.67. The molecule has 1 heterocycles. The Morgan fingerprint density at radius 3 is 2.44 bits per heavy atom. The Bertz CT molecular complexity index is 401. The Morgan fingerprint density at radius 1 is 1.22 bits per heavy atom. The van der Waals surface area contributed by atoms with Crippen LogP contribution in [0.5, 0.6) is 0 Å². The molecule has 1 aliphatic rings. The number of hydrogen-bond acceptors (Lipinski definition) is 2. The molecule has 1 aromatic carbocycles. The third-order valence-corrected chi connectivity index (χ3v) is 4.41. The lowest BCUT2D eigenvalue weighted by atomic mass is 10.1. The van der Waals surface area contributed by atoms with E-state index in [1.54, 1.807) is 0 Å². The molecular formula is C14H20BrClN2. The van der Waals surface area contributed by atoms with Crippen molar-refractivity contribution in [3.8, 4) is 0 Å². The Kier molecular flexibility index (Phi) is 4.93.